The lowest BCUT2D eigenvalue weighted by molar-refractivity contribution is 0.868. The molecule has 0 spiro atoms. The van der Waals surface area contributed by atoms with Crippen LogP contribution in [0.2, 0.25) is 0 Å². The Kier molecular flexibility index (Phi) is 3.69. The fourth-order valence-corrected chi connectivity index (χ4v) is 2.57. The third-order valence-corrected chi connectivity index (χ3v) is 3.72. The first kappa shape index (κ1) is 13.4. The molecule has 0 aliphatic rings. The third-order valence-electron chi connectivity index (χ3n) is 3.72. The van der Waals surface area contributed by atoms with Gasteiger partial charge < -0.3 is 4.57 Å². The maximum Gasteiger partial charge on any atom is 0.250 e. The normalized spacial score (nSPS) is 10.5. The molecule has 0 atom stereocenters. The molecule has 21 heavy (non-hydrogen) atoms. The monoisotopic (exact) mass is 275 g/mol. The summed E-state index contributed by atoms with van der Waals surface area (Å²) in [6.07, 6.45) is 0.861. The van der Waals surface area contributed by atoms with E-state index in [-0.39, 0.29) is 5.56 Å². The second-order valence-corrected chi connectivity index (χ2v) is 5.13. The lowest BCUT2D eigenvalue weighted by atomic mass is 9.97. The Hall–Kier alpha value is -2.61. The predicted molar refractivity (Wildman–Crippen MR) is 86.4 cm³/mol. The van der Waals surface area contributed by atoms with Crippen molar-refractivity contribution < 1.29 is 0 Å². The van der Waals surface area contributed by atoms with Crippen LogP contribution in [0.4, 0.5) is 0 Å². The summed E-state index contributed by atoms with van der Waals surface area (Å²) >= 11 is 0. The van der Waals surface area contributed by atoms with Crippen LogP contribution in [0.15, 0.2) is 77.6 Å². The van der Waals surface area contributed by atoms with Gasteiger partial charge >= 0.3 is 0 Å². The zero-order valence-electron chi connectivity index (χ0n) is 12.0. The van der Waals surface area contributed by atoms with Crippen LogP contribution in [-0.4, -0.2) is 4.57 Å². The van der Waals surface area contributed by atoms with Crippen LogP contribution in [-0.2, 0) is 13.5 Å². The Morgan fingerprint density at radius 1 is 0.810 bits per heavy atom. The van der Waals surface area contributed by atoms with Crippen LogP contribution in [0, 0.1) is 0 Å². The van der Waals surface area contributed by atoms with E-state index in [1.807, 2.05) is 37.4 Å². The molecule has 0 saturated carbocycles. The molecule has 0 aliphatic heterocycles. The van der Waals surface area contributed by atoms with Crippen LogP contribution in [0.25, 0.3) is 11.3 Å². The van der Waals surface area contributed by atoms with Crippen molar-refractivity contribution in [3.63, 3.8) is 0 Å². The van der Waals surface area contributed by atoms with Crippen LogP contribution < -0.4 is 5.56 Å². The summed E-state index contributed by atoms with van der Waals surface area (Å²) in [5.41, 5.74) is 4.58. The summed E-state index contributed by atoms with van der Waals surface area (Å²) in [5.74, 6) is 0. The number of rotatable bonds is 3. The lowest BCUT2D eigenvalue weighted by Crippen LogP contribution is -2.16. The van der Waals surface area contributed by atoms with E-state index in [0.717, 1.165) is 17.7 Å². The second kappa shape index (κ2) is 5.80. The minimum Gasteiger partial charge on any atom is -0.311 e. The number of hydrogen-bond acceptors (Lipinski definition) is 1. The Morgan fingerprint density at radius 2 is 1.52 bits per heavy atom. The number of hydrogen-bond donors (Lipinski definition) is 0. The minimum absolute atomic E-state index is 0.0158. The summed E-state index contributed by atoms with van der Waals surface area (Å²) in [6.45, 7) is 0. The molecule has 2 heteroatoms. The SMILES string of the molecule is Cn1c(-c2ccccc2Cc2ccccc2)cccc1=O. The Balaban J connectivity index is 2.08. The molecule has 0 unspecified atom stereocenters. The summed E-state index contributed by atoms with van der Waals surface area (Å²) in [7, 11) is 1.82. The van der Waals surface area contributed by atoms with E-state index in [1.54, 1.807) is 10.6 Å². The molecule has 0 radical (unpaired) electrons. The van der Waals surface area contributed by atoms with Crippen LogP contribution in [0.1, 0.15) is 11.1 Å². The van der Waals surface area contributed by atoms with Crippen molar-refractivity contribution in [1.82, 2.24) is 4.57 Å². The highest BCUT2D eigenvalue weighted by molar-refractivity contribution is 5.64. The summed E-state index contributed by atoms with van der Waals surface area (Å²) in [5, 5.41) is 0. The molecule has 1 heterocycles. The van der Waals surface area contributed by atoms with Crippen LogP contribution in [0.5, 0.6) is 0 Å². The Bertz CT molecular complexity index is 803. The van der Waals surface area contributed by atoms with Crippen LogP contribution >= 0.6 is 0 Å². The van der Waals surface area contributed by atoms with Crippen molar-refractivity contribution in [3.05, 3.63) is 94.3 Å². The molecule has 2 aromatic carbocycles. The molecular formula is C19H17NO. The summed E-state index contributed by atoms with van der Waals surface area (Å²) in [4.78, 5) is 11.8. The molecule has 0 saturated heterocycles. The van der Waals surface area contributed by atoms with Crippen molar-refractivity contribution in [2.45, 2.75) is 6.42 Å². The predicted octanol–water partition coefficient (Wildman–Crippen LogP) is 3.64. The number of benzene rings is 2. The van der Waals surface area contributed by atoms with E-state index in [2.05, 4.69) is 36.4 Å². The van der Waals surface area contributed by atoms with Crippen molar-refractivity contribution in [2.75, 3.05) is 0 Å². The smallest absolute Gasteiger partial charge is 0.250 e. The first-order valence-corrected chi connectivity index (χ1v) is 7.04. The zero-order chi connectivity index (χ0) is 14.7. The minimum atomic E-state index is 0.0158. The lowest BCUT2D eigenvalue weighted by Gasteiger charge is -2.13. The van der Waals surface area contributed by atoms with E-state index in [4.69, 9.17) is 0 Å². The molecule has 0 N–H and O–H groups in total. The third kappa shape index (κ3) is 2.79. The Labute approximate surface area is 124 Å². The highest BCUT2D eigenvalue weighted by Gasteiger charge is 2.08. The van der Waals surface area contributed by atoms with Gasteiger partial charge in [0.2, 0.25) is 0 Å². The van der Waals surface area contributed by atoms with Crippen molar-refractivity contribution in [3.8, 4) is 11.3 Å². The van der Waals surface area contributed by atoms with Crippen LogP contribution in [0.3, 0.4) is 0 Å². The van der Waals surface area contributed by atoms with Crippen molar-refractivity contribution in [2.24, 2.45) is 7.05 Å². The topological polar surface area (TPSA) is 22.0 Å². The van der Waals surface area contributed by atoms with Gasteiger partial charge in [-0.2, -0.15) is 0 Å². The molecule has 0 fully saturated rings. The highest BCUT2D eigenvalue weighted by atomic mass is 16.1. The number of aromatic nitrogens is 1. The van der Waals surface area contributed by atoms with Crippen molar-refractivity contribution >= 4 is 0 Å². The summed E-state index contributed by atoms with van der Waals surface area (Å²) < 4.78 is 1.70. The summed E-state index contributed by atoms with van der Waals surface area (Å²) in [6, 6.07) is 24.0. The van der Waals surface area contributed by atoms with E-state index in [0.29, 0.717) is 0 Å². The van der Waals surface area contributed by atoms with E-state index in [9.17, 15) is 4.79 Å². The van der Waals surface area contributed by atoms with Gasteiger partial charge in [-0.3, -0.25) is 4.79 Å². The highest BCUT2D eigenvalue weighted by Crippen LogP contribution is 2.24. The molecular weight excluding hydrogens is 258 g/mol. The van der Waals surface area contributed by atoms with E-state index in [1.165, 1.54) is 11.1 Å². The molecule has 2 nitrogen and oxygen atoms in total. The number of nitrogens with zero attached hydrogens (tertiary/aromatic N) is 1. The zero-order valence-corrected chi connectivity index (χ0v) is 12.0. The van der Waals surface area contributed by atoms with Gasteiger partial charge in [0.15, 0.2) is 0 Å². The Morgan fingerprint density at radius 3 is 2.33 bits per heavy atom. The fraction of sp³-hybridized carbons (Fsp3) is 0.105. The number of pyridine rings is 1. The first-order chi connectivity index (χ1) is 10.3. The van der Waals surface area contributed by atoms with E-state index < -0.39 is 0 Å². The quantitative estimate of drug-likeness (QED) is 0.715. The maximum atomic E-state index is 11.8. The van der Waals surface area contributed by atoms with Gasteiger partial charge in [-0.05, 0) is 23.6 Å². The van der Waals surface area contributed by atoms with Gasteiger partial charge in [-0.15, -0.1) is 0 Å². The van der Waals surface area contributed by atoms with Gasteiger partial charge in [0.1, 0.15) is 0 Å². The molecule has 3 rings (SSSR count). The molecule has 104 valence electrons. The standard InChI is InChI=1S/C19H17NO/c1-20-18(12-7-13-19(20)21)17-11-6-5-10-16(17)14-15-8-3-2-4-9-15/h2-13H,14H2,1H3. The van der Waals surface area contributed by atoms with Gasteiger partial charge in [-0.25, -0.2) is 0 Å². The van der Waals surface area contributed by atoms with Gasteiger partial charge in [-0.1, -0.05) is 60.7 Å². The maximum absolute atomic E-state index is 11.8. The second-order valence-electron chi connectivity index (χ2n) is 5.13. The van der Waals surface area contributed by atoms with E-state index >= 15 is 0 Å². The molecule has 0 bridgehead atoms. The average molecular weight is 275 g/mol. The fourth-order valence-electron chi connectivity index (χ4n) is 2.57. The average Bonchev–Trinajstić information content (AvgIpc) is 2.52. The van der Waals surface area contributed by atoms with Crippen molar-refractivity contribution in [1.29, 1.82) is 0 Å². The van der Waals surface area contributed by atoms with Gasteiger partial charge in [0.25, 0.3) is 5.56 Å². The largest absolute Gasteiger partial charge is 0.311 e. The van der Waals surface area contributed by atoms with Gasteiger partial charge in [0, 0.05) is 18.7 Å². The molecule has 0 amide bonds. The molecule has 3 aromatic rings. The van der Waals surface area contributed by atoms with Gasteiger partial charge in [0.05, 0.1) is 5.69 Å². The first-order valence-electron chi connectivity index (χ1n) is 7.04. The molecule has 1 aromatic heterocycles. The molecule has 0 aliphatic carbocycles.